The molecule has 8 heteroatoms. The van der Waals surface area contributed by atoms with E-state index >= 15 is 0 Å². The zero-order chi connectivity index (χ0) is 25.4. The van der Waals surface area contributed by atoms with Crippen molar-refractivity contribution in [2.75, 3.05) is 0 Å². The van der Waals surface area contributed by atoms with Crippen molar-refractivity contribution < 1.29 is 14.0 Å². The number of carbonyl (C=O) groups excluding carboxylic acids is 1. The maximum Gasteiger partial charge on any atom is 0.407 e. The molecule has 1 aromatic rings. The van der Waals surface area contributed by atoms with Crippen molar-refractivity contribution in [3.8, 4) is 6.07 Å². The largest absolute Gasteiger partial charge is 0.445 e. The smallest absolute Gasteiger partial charge is 0.407 e. The molecule has 0 aliphatic heterocycles. The zero-order valence-electron chi connectivity index (χ0n) is 21.8. The second kappa shape index (κ2) is 12.2. The molecule has 1 amide bonds. The van der Waals surface area contributed by atoms with E-state index in [1.54, 1.807) is 6.92 Å². The first-order chi connectivity index (χ1) is 14.3. The first-order valence-electron chi connectivity index (χ1n) is 11.1. The third-order valence-corrected chi connectivity index (χ3v) is 15.9. The summed E-state index contributed by atoms with van der Waals surface area (Å²) < 4.78 is 11.3. The second-order valence-corrected chi connectivity index (χ2v) is 23.2. The van der Waals surface area contributed by atoms with Crippen LogP contribution in [0, 0.1) is 11.3 Å². The van der Waals surface area contributed by atoms with Crippen molar-refractivity contribution in [2.45, 2.75) is 103 Å². The Hall–Kier alpha value is -1.34. The first kappa shape index (κ1) is 30.7. The predicted molar refractivity (Wildman–Crippen MR) is 140 cm³/mol. The van der Waals surface area contributed by atoms with Gasteiger partial charge < -0.3 is 14.5 Å². The summed E-state index contributed by atoms with van der Waals surface area (Å²) in [4.78, 5) is 11.9. The summed E-state index contributed by atoms with van der Waals surface area (Å²) in [6.45, 7) is 23.4. The molecule has 1 N–H and O–H groups in total. The van der Waals surface area contributed by atoms with Crippen molar-refractivity contribution in [1.29, 1.82) is 5.26 Å². The van der Waals surface area contributed by atoms with Crippen LogP contribution in [-0.4, -0.2) is 33.9 Å². The topological polar surface area (TPSA) is 71.3 Å². The van der Waals surface area contributed by atoms with Crippen LogP contribution < -0.4 is 5.32 Å². The molecule has 0 heterocycles. The minimum absolute atomic E-state index is 0.00433. The number of rotatable bonds is 6. The van der Waals surface area contributed by atoms with E-state index in [2.05, 4.69) is 79.1 Å². The number of nitrogens with zero attached hydrogens (tertiary/aromatic N) is 1. The Morgan fingerprint density at radius 1 is 1.06 bits per heavy atom. The first-order valence-corrected chi connectivity index (χ1v) is 18.0. The van der Waals surface area contributed by atoms with E-state index in [1.165, 1.54) is 0 Å². The number of nitriles is 1. The van der Waals surface area contributed by atoms with E-state index < -0.39 is 33.9 Å². The van der Waals surface area contributed by atoms with E-state index in [9.17, 15) is 10.1 Å². The van der Waals surface area contributed by atoms with Gasteiger partial charge in [-0.05, 0) is 35.7 Å². The average Bonchev–Trinajstić information content (AvgIpc) is 2.63. The molecule has 0 unspecified atom stereocenters. The summed E-state index contributed by atoms with van der Waals surface area (Å²) in [5, 5.41) is 12.4. The van der Waals surface area contributed by atoms with Gasteiger partial charge in [0.25, 0.3) is 0 Å². The van der Waals surface area contributed by atoms with Crippen LogP contribution in [0.5, 0.6) is 0 Å². The summed E-state index contributed by atoms with van der Waals surface area (Å²) in [7, 11) is -3.48. The third-order valence-electron chi connectivity index (χ3n) is 6.15. The molecule has 32 heavy (non-hydrogen) atoms. The van der Waals surface area contributed by atoms with Crippen molar-refractivity contribution in [2.24, 2.45) is 0 Å². The Morgan fingerprint density at radius 2 is 1.53 bits per heavy atom. The van der Waals surface area contributed by atoms with Gasteiger partial charge in [-0.2, -0.15) is 16.3 Å². The summed E-state index contributed by atoms with van der Waals surface area (Å²) in [6.07, 6.45) is -1.25. The predicted octanol–water partition coefficient (Wildman–Crippen LogP) is 7.45. The normalized spacial score (nSPS) is 14.3. The van der Waals surface area contributed by atoms with E-state index in [0.29, 0.717) is 5.04 Å². The van der Waals surface area contributed by atoms with Crippen LogP contribution in [0.15, 0.2) is 30.3 Å². The molecule has 0 saturated carbocycles. The molecule has 0 bridgehead atoms. The Morgan fingerprint density at radius 3 is 1.91 bits per heavy atom. The van der Waals surface area contributed by atoms with Crippen LogP contribution >= 0.6 is 11.1 Å². The Bertz CT molecular complexity index is 734. The fourth-order valence-electron chi connectivity index (χ4n) is 1.76. The van der Waals surface area contributed by atoms with Gasteiger partial charge >= 0.3 is 6.09 Å². The van der Waals surface area contributed by atoms with Crippen LogP contribution in [0.3, 0.4) is 0 Å². The lowest BCUT2D eigenvalue weighted by atomic mass is 10.2. The van der Waals surface area contributed by atoms with E-state index in [0.717, 1.165) is 5.56 Å². The number of benzene rings is 1. The van der Waals surface area contributed by atoms with Gasteiger partial charge in [0.1, 0.15) is 6.61 Å². The Kier molecular flexibility index (Phi) is 11.7. The number of hydrogen-bond acceptors (Lipinski definition) is 4. The molecule has 1 rings (SSSR count). The fraction of sp³-hybridized carbons (Fsp3) is 0.667. The van der Waals surface area contributed by atoms with Gasteiger partial charge in [0, 0.05) is 0 Å². The van der Waals surface area contributed by atoms with Gasteiger partial charge in [-0.3, -0.25) is 0 Å². The molecule has 0 aliphatic rings. The quantitative estimate of drug-likeness (QED) is 0.326. The van der Waals surface area contributed by atoms with Gasteiger partial charge in [-0.15, -0.1) is 0 Å². The molecular weight excluding hydrogens is 456 g/mol. The number of hydrogen-bond donors (Lipinski definition) is 1. The van der Waals surface area contributed by atoms with Crippen molar-refractivity contribution in [3.05, 3.63) is 35.9 Å². The highest BCUT2D eigenvalue weighted by Gasteiger charge is 2.40. The summed E-state index contributed by atoms with van der Waals surface area (Å²) in [5.74, 6) is 0. The number of nitrogens with one attached hydrogen (secondary N) is 1. The fourth-order valence-corrected chi connectivity index (χ4v) is 3.01. The molecule has 0 aromatic heterocycles. The van der Waals surface area contributed by atoms with Crippen LogP contribution in [0.2, 0.25) is 36.3 Å². The molecule has 0 fully saturated rings. The number of ether oxygens (including phenoxy) is 1. The highest BCUT2D eigenvalue weighted by molar-refractivity contribution is 7.20. The molecule has 1 aromatic carbocycles. The second-order valence-electron chi connectivity index (χ2n) is 11.1. The summed E-state index contributed by atoms with van der Waals surface area (Å²) >= 11 is 6.15. The van der Waals surface area contributed by atoms with Crippen molar-refractivity contribution in [1.82, 2.24) is 5.32 Å². The minimum Gasteiger partial charge on any atom is -0.445 e. The molecular formula is C24H43ClN2O3Si2. The van der Waals surface area contributed by atoms with Crippen LogP contribution in [0.4, 0.5) is 4.79 Å². The lowest BCUT2D eigenvalue weighted by molar-refractivity contribution is 0.124. The molecule has 0 radical (unpaired) electrons. The van der Waals surface area contributed by atoms with Crippen LogP contribution in [0.25, 0.3) is 0 Å². The summed E-state index contributed by atoms with van der Waals surface area (Å²) in [5.41, 5.74) is 0.912. The van der Waals surface area contributed by atoms with Crippen LogP contribution in [0.1, 0.15) is 54.0 Å². The molecule has 0 spiro atoms. The van der Waals surface area contributed by atoms with Crippen LogP contribution in [-0.2, 0) is 15.8 Å². The standard InChI is InChI=1S/C18H28N2O3Si.C6H15ClSi/c1-14(16(12-19)23-24(5,6)18(2,3)4)20-17(21)22-13-15-10-8-7-9-11-15;1-6(2,3)8(4,5)7/h7-11,14,16H,13H2,1-6H3,(H,20,21);1-5H3/t14-,16+;/m0./s1. The molecule has 5 nitrogen and oxygen atoms in total. The van der Waals surface area contributed by atoms with Gasteiger partial charge in [0.2, 0.25) is 0 Å². The maximum atomic E-state index is 11.9. The molecule has 0 aliphatic carbocycles. The van der Waals surface area contributed by atoms with Gasteiger partial charge in [-0.1, -0.05) is 85.0 Å². The van der Waals surface area contributed by atoms with Crippen molar-refractivity contribution >= 4 is 32.9 Å². The molecule has 0 saturated heterocycles. The van der Waals surface area contributed by atoms with E-state index in [1.807, 2.05) is 30.3 Å². The third kappa shape index (κ3) is 11.0. The lowest BCUT2D eigenvalue weighted by Gasteiger charge is -2.38. The minimum atomic E-state index is -2.09. The van der Waals surface area contributed by atoms with E-state index in [4.69, 9.17) is 20.2 Å². The lowest BCUT2D eigenvalue weighted by Crippen LogP contribution is -2.50. The molecule has 182 valence electrons. The van der Waals surface area contributed by atoms with Gasteiger partial charge in [0.05, 0.1) is 12.1 Å². The highest BCUT2D eigenvalue weighted by atomic mass is 35.6. The van der Waals surface area contributed by atoms with Crippen molar-refractivity contribution in [3.63, 3.8) is 0 Å². The maximum absolute atomic E-state index is 11.9. The monoisotopic (exact) mass is 498 g/mol. The number of halogens is 1. The Balaban J connectivity index is 0.00000102. The highest BCUT2D eigenvalue weighted by Crippen LogP contribution is 2.38. The number of carbonyl (C=O) groups is 1. The van der Waals surface area contributed by atoms with E-state index in [-0.39, 0.29) is 11.6 Å². The zero-order valence-corrected chi connectivity index (χ0v) is 24.6. The Labute approximate surface area is 202 Å². The molecule has 2 atom stereocenters. The number of amides is 1. The SMILES string of the molecule is CC(C)(C)[Si](C)(C)Cl.C[C@H](NC(=O)OCc1ccccc1)[C@@H](C#N)O[Si](C)(C)C(C)(C)C. The number of alkyl carbamates (subject to hydrolysis) is 1. The van der Waals surface area contributed by atoms with Gasteiger partial charge in [0.15, 0.2) is 21.8 Å². The summed E-state index contributed by atoms with van der Waals surface area (Å²) in [6, 6.07) is 11.1. The average molecular weight is 499 g/mol. The van der Waals surface area contributed by atoms with Gasteiger partial charge in [-0.25, -0.2) is 4.79 Å².